The lowest BCUT2D eigenvalue weighted by molar-refractivity contribution is -0.141. The Balaban J connectivity index is 4.24. The summed E-state index contributed by atoms with van der Waals surface area (Å²) in [7, 11) is 1.59. The molecule has 3 N–H and O–H groups in total. The number of ether oxygens (including phenoxy) is 1. The maximum absolute atomic E-state index is 11.6. The van der Waals surface area contributed by atoms with Gasteiger partial charge in [-0.1, -0.05) is 27.7 Å². The molecule has 2 amide bonds. The minimum absolute atomic E-state index is 0.179. The summed E-state index contributed by atoms with van der Waals surface area (Å²) in [6, 6.07) is -1.39. The van der Waals surface area contributed by atoms with Crippen LogP contribution in [0, 0.1) is 11.3 Å². The van der Waals surface area contributed by atoms with Gasteiger partial charge < -0.3 is 20.5 Å². The van der Waals surface area contributed by atoms with Gasteiger partial charge in [0.15, 0.2) is 0 Å². The molecule has 0 aliphatic heterocycles. The number of urea groups is 1. The van der Waals surface area contributed by atoms with Gasteiger partial charge >= 0.3 is 12.0 Å². The van der Waals surface area contributed by atoms with Crippen LogP contribution in [0.15, 0.2) is 0 Å². The number of carbonyl (C=O) groups is 2. The summed E-state index contributed by atoms with van der Waals surface area (Å²) in [6.07, 6.45) is 0. The third-order valence-electron chi connectivity index (χ3n) is 2.45. The topological polar surface area (TPSA) is 87.7 Å². The van der Waals surface area contributed by atoms with Crippen LogP contribution in [0.3, 0.4) is 0 Å². The summed E-state index contributed by atoms with van der Waals surface area (Å²) in [5.74, 6) is -0.860. The van der Waals surface area contributed by atoms with E-state index in [9.17, 15) is 9.59 Å². The van der Waals surface area contributed by atoms with Gasteiger partial charge in [0.2, 0.25) is 0 Å². The molecule has 1 unspecified atom stereocenters. The number of rotatable bonds is 6. The summed E-state index contributed by atoms with van der Waals surface area (Å²) >= 11 is 0. The molecule has 0 saturated carbocycles. The number of methoxy groups -OCH3 is 1. The largest absolute Gasteiger partial charge is 0.480 e. The zero-order valence-corrected chi connectivity index (χ0v) is 11.7. The minimum Gasteiger partial charge on any atom is -0.480 e. The third-order valence-corrected chi connectivity index (χ3v) is 2.45. The minimum atomic E-state index is -1.04. The number of carbonyl (C=O) groups excluding carboxylic acids is 1. The zero-order chi connectivity index (χ0) is 14.3. The fourth-order valence-electron chi connectivity index (χ4n) is 1.44. The second kappa shape index (κ2) is 7.20. The first-order chi connectivity index (χ1) is 8.18. The molecular formula is C12H24N2O4. The average molecular weight is 260 g/mol. The fraction of sp³-hybridized carbons (Fsp3) is 0.833. The van der Waals surface area contributed by atoms with Crippen molar-refractivity contribution in [2.45, 2.75) is 33.7 Å². The molecule has 0 aliphatic carbocycles. The summed E-state index contributed by atoms with van der Waals surface area (Å²) in [6.45, 7) is 8.21. The molecule has 2 atom stereocenters. The zero-order valence-electron chi connectivity index (χ0n) is 11.7. The molecular weight excluding hydrogens is 236 g/mol. The number of hydrogen-bond donors (Lipinski definition) is 3. The summed E-state index contributed by atoms with van der Waals surface area (Å²) in [4.78, 5) is 22.6. The lowest BCUT2D eigenvalue weighted by atomic mass is 9.87. The predicted octanol–water partition coefficient (Wildman–Crippen LogP) is 1.07. The lowest BCUT2D eigenvalue weighted by Crippen LogP contribution is -2.52. The maximum Gasteiger partial charge on any atom is 0.326 e. The summed E-state index contributed by atoms with van der Waals surface area (Å²) in [5, 5.41) is 14.2. The average Bonchev–Trinajstić information content (AvgIpc) is 2.21. The number of carboxylic acid groups (broad SMARTS) is 1. The van der Waals surface area contributed by atoms with Gasteiger partial charge in [-0.05, 0) is 11.3 Å². The fourth-order valence-corrected chi connectivity index (χ4v) is 1.44. The lowest BCUT2D eigenvalue weighted by Gasteiger charge is -2.28. The highest BCUT2D eigenvalue weighted by molar-refractivity contribution is 5.83. The van der Waals surface area contributed by atoms with Crippen LogP contribution in [-0.4, -0.2) is 43.4 Å². The van der Waals surface area contributed by atoms with E-state index in [2.05, 4.69) is 10.6 Å². The molecule has 0 rings (SSSR count). The van der Waals surface area contributed by atoms with E-state index < -0.39 is 23.5 Å². The molecule has 0 fully saturated rings. The van der Waals surface area contributed by atoms with Crippen molar-refractivity contribution in [3.8, 4) is 0 Å². The van der Waals surface area contributed by atoms with Crippen LogP contribution in [0.5, 0.6) is 0 Å². The number of aliphatic carboxylic acids is 1. The van der Waals surface area contributed by atoms with Gasteiger partial charge in [-0.25, -0.2) is 9.59 Å². The highest BCUT2D eigenvalue weighted by atomic mass is 16.5. The van der Waals surface area contributed by atoms with E-state index in [4.69, 9.17) is 9.84 Å². The van der Waals surface area contributed by atoms with Gasteiger partial charge in [0, 0.05) is 13.7 Å². The summed E-state index contributed by atoms with van der Waals surface area (Å²) in [5.41, 5.74) is -0.540. The second-order valence-corrected chi connectivity index (χ2v) is 5.55. The Morgan fingerprint density at radius 3 is 2.28 bits per heavy atom. The molecule has 6 heteroatoms. The number of carboxylic acids is 1. The number of nitrogens with one attached hydrogen (secondary N) is 2. The van der Waals surface area contributed by atoms with Crippen LogP contribution in [0.25, 0.3) is 0 Å². The van der Waals surface area contributed by atoms with E-state index in [0.29, 0.717) is 13.2 Å². The van der Waals surface area contributed by atoms with Gasteiger partial charge in [-0.3, -0.25) is 0 Å². The highest BCUT2D eigenvalue weighted by Gasteiger charge is 2.32. The smallest absolute Gasteiger partial charge is 0.326 e. The van der Waals surface area contributed by atoms with E-state index >= 15 is 0 Å². The Bertz CT molecular complexity index is 286. The SMILES string of the molecule is COCC(C)CNC(=O)N[C@@H](C(=O)O)C(C)(C)C. The van der Waals surface area contributed by atoms with Crippen LogP contribution in [0.1, 0.15) is 27.7 Å². The Hall–Kier alpha value is -1.30. The van der Waals surface area contributed by atoms with E-state index in [1.807, 2.05) is 6.92 Å². The van der Waals surface area contributed by atoms with Crippen molar-refractivity contribution in [2.24, 2.45) is 11.3 Å². The van der Waals surface area contributed by atoms with Gasteiger partial charge in [0.25, 0.3) is 0 Å². The van der Waals surface area contributed by atoms with Crippen molar-refractivity contribution in [3.63, 3.8) is 0 Å². The van der Waals surface area contributed by atoms with Crippen molar-refractivity contribution in [2.75, 3.05) is 20.3 Å². The van der Waals surface area contributed by atoms with Crippen LogP contribution >= 0.6 is 0 Å². The molecule has 106 valence electrons. The van der Waals surface area contributed by atoms with E-state index in [0.717, 1.165) is 0 Å². The van der Waals surface area contributed by atoms with Crippen molar-refractivity contribution < 1.29 is 19.4 Å². The van der Waals surface area contributed by atoms with E-state index in [-0.39, 0.29) is 5.92 Å². The molecule has 0 saturated heterocycles. The van der Waals surface area contributed by atoms with Crippen molar-refractivity contribution >= 4 is 12.0 Å². The number of hydrogen-bond acceptors (Lipinski definition) is 3. The Labute approximate surface area is 108 Å². The Morgan fingerprint density at radius 1 is 1.33 bits per heavy atom. The molecule has 0 aromatic carbocycles. The molecule has 18 heavy (non-hydrogen) atoms. The predicted molar refractivity (Wildman–Crippen MR) is 68.5 cm³/mol. The van der Waals surface area contributed by atoms with Crippen molar-refractivity contribution in [1.82, 2.24) is 10.6 Å². The summed E-state index contributed by atoms with van der Waals surface area (Å²) < 4.78 is 4.94. The standard InChI is InChI=1S/C12H24N2O4/c1-8(7-18-5)6-13-11(17)14-9(10(15)16)12(2,3)4/h8-9H,6-7H2,1-5H3,(H,15,16)(H2,13,14,17)/t8?,9-/m0/s1. The van der Waals surface area contributed by atoms with E-state index in [1.54, 1.807) is 27.9 Å². The Kier molecular flexibility index (Phi) is 6.68. The first-order valence-corrected chi connectivity index (χ1v) is 5.94. The molecule has 0 spiro atoms. The number of amides is 2. The van der Waals surface area contributed by atoms with Crippen LogP contribution in [-0.2, 0) is 9.53 Å². The highest BCUT2D eigenvalue weighted by Crippen LogP contribution is 2.19. The van der Waals surface area contributed by atoms with Gasteiger partial charge in [0.1, 0.15) is 6.04 Å². The first kappa shape index (κ1) is 16.7. The molecule has 0 radical (unpaired) electrons. The van der Waals surface area contributed by atoms with Crippen LogP contribution < -0.4 is 10.6 Å². The molecule has 0 aromatic rings. The normalized spacial score (nSPS) is 14.7. The molecule has 0 aliphatic rings. The van der Waals surface area contributed by atoms with Gasteiger partial charge in [-0.2, -0.15) is 0 Å². The quantitative estimate of drug-likeness (QED) is 0.666. The Morgan fingerprint density at radius 2 is 1.89 bits per heavy atom. The van der Waals surface area contributed by atoms with E-state index in [1.165, 1.54) is 0 Å². The maximum atomic E-state index is 11.6. The van der Waals surface area contributed by atoms with Crippen LogP contribution in [0.2, 0.25) is 0 Å². The van der Waals surface area contributed by atoms with Gasteiger partial charge in [-0.15, -0.1) is 0 Å². The molecule has 0 heterocycles. The second-order valence-electron chi connectivity index (χ2n) is 5.55. The molecule has 0 aromatic heterocycles. The van der Waals surface area contributed by atoms with Crippen molar-refractivity contribution in [1.29, 1.82) is 0 Å². The van der Waals surface area contributed by atoms with Crippen LogP contribution in [0.4, 0.5) is 4.79 Å². The monoisotopic (exact) mass is 260 g/mol. The first-order valence-electron chi connectivity index (χ1n) is 5.94. The molecule has 0 bridgehead atoms. The third kappa shape index (κ3) is 6.44. The molecule has 6 nitrogen and oxygen atoms in total. The van der Waals surface area contributed by atoms with Crippen molar-refractivity contribution in [3.05, 3.63) is 0 Å². The van der Waals surface area contributed by atoms with Gasteiger partial charge in [0.05, 0.1) is 6.61 Å².